The molecule has 0 unspecified atom stereocenters. The summed E-state index contributed by atoms with van der Waals surface area (Å²) in [5.41, 5.74) is 0.564. The Morgan fingerprint density at radius 3 is 2.35 bits per heavy atom. The van der Waals surface area contributed by atoms with Gasteiger partial charge in [-0.25, -0.2) is 0 Å². The molecule has 1 aliphatic rings. The molecule has 1 aromatic rings. The third-order valence-corrected chi connectivity index (χ3v) is 5.03. The van der Waals surface area contributed by atoms with Crippen LogP contribution in [0.25, 0.3) is 0 Å². The molecule has 3 heteroatoms. The summed E-state index contributed by atoms with van der Waals surface area (Å²) >= 11 is 0. The van der Waals surface area contributed by atoms with Gasteiger partial charge >= 0.3 is 5.97 Å². The van der Waals surface area contributed by atoms with Crippen molar-refractivity contribution in [1.29, 1.82) is 0 Å². The number of carbonyl (C=O) groups excluding carboxylic acids is 2. The molecule has 0 N–H and O–H groups in total. The second kappa shape index (κ2) is 7.76. The van der Waals surface area contributed by atoms with Crippen molar-refractivity contribution in [1.82, 2.24) is 0 Å². The molecule has 0 radical (unpaired) electrons. The summed E-state index contributed by atoms with van der Waals surface area (Å²) in [6.45, 7) is 8.21. The zero-order valence-electron chi connectivity index (χ0n) is 14.6. The first-order valence-electron chi connectivity index (χ1n) is 8.70. The number of carbonyl (C=O) groups is 2. The fourth-order valence-corrected chi connectivity index (χ4v) is 3.46. The monoisotopic (exact) mass is 316 g/mol. The Labute approximate surface area is 139 Å². The van der Waals surface area contributed by atoms with Crippen molar-refractivity contribution < 1.29 is 14.3 Å². The van der Waals surface area contributed by atoms with Crippen LogP contribution in [-0.2, 0) is 9.53 Å². The van der Waals surface area contributed by atoms with E-state index < -0.39 is 5.92 Å². The standard InChI is InChI=1S/C20H28O3/c1-13(2)17-11-10-14(3)12-18(17)23-20(22)15(4)19(21)16-8-6-5-7-9-16/h5-9,13-15,17-18H,10-12H2,1-4H3/t14-,15+,17+,18-/m1/s1. The van der Waals surface area contributed by atoms with Gasteiger partial charge in [-0.15, -0.1) is 0 Å². The molecule has 0 spiro atoms. The Morgan fingerprint density at radius 1 is 1.09 bits per heavy atom. The van der Waals surface area contributed by atoms with Gasteiger partial charge in [0, 0.05) is 5.56 Å². The Balaban J connectivity index is 2.03. The van der Waals surface area contributed by atoms with Crippen LogP contribution in [0, 0.1) is 23.7 Å². The number of benzene rings is 1. The van der Waals surface area contributed by atoms with Gasteiger partial charge in [0.15, 0.2) is 5.78 Å². The maximum atomic E-state index is 12.5. The van der Waals surface area contributed by atoms with E-state index in [0.717, 1.165) is 12.8 Å². The predicted molar refractivity (Wildman–Crippen MR) is 91.2 cm³/mol. The first-order valence-corrected chi connectivity index (χ1v) is 8.70. The smallest absolute Gasteiger partial charge is 0.316 e. The Morgan fingerprint density at radius 2 is 1.74 bits per heavy atom. The van der Waals surface area contributed by atoms with Crippen molar-refractivity contribution in [2.45, 2.75) is 53.1 Å². The minimum atomic E-state index is -0.748. The van der Waals surface area contributed by atoms with Gasteiger partial charge in [0.25, 0.3) is 0 Å². The lowest BCUT2D eigenvalue weighted by Crippen LogP contribution is -2.38. The van der Waals surface area contributed by atoms with Crippen LogP contribution >= 0.6 is 0 Å². The molecule has 2 rings (SSSR count). The van der Waals surface area contributed by atoms with Crippen LogP contribution in [0.3, 0.4) is 0 Å². The highest BCUT2D eigenvalue weighted by Crippen LogP contribution is 2.35. The maximum absolute atomic E-state index is 12.5. The van der Waals surface area contributed by atoms with Gasteiger partial charge in [0.05, 0.1) is 0 Å². The summed E-state index contributed by atoms with van der Waals surface area (Å²) in [5.74, 6) is 0.157. The highest BCUT2D eigenvalue weighted by Gasteiger charge is 2.35. The minimum absolute atomic E-state index is 0.0581. The van der Waals surface area contributed by atoms with Crippen LogP contribution in [0.2, 0.25) is 0 Å². The van der Waals surface area contributed by atoms with Crippen molar-refractivity contribution in [3.05, 3.63) is 35.9 Å². The summed E-state index contributed by atoms with van der Waals surface area (Å²) < 4.78 is 5.78. The van der Waals surface area contributed by atoms with Crippen molar-refractivity contribution in [3.8, 4) is 0 Å². The minimum Gasteiger partial charge on any atom is -0.462 e. The molecule has 23 heavy (non-hydrogen) atoms. The summed E-state index contributed by atoms with van der Waals surface area (Å²) in [6, 6.07) is 8.96. The lowest BCUT2D eigenvalue weighted by molar-refractivity contribution is -0.158. The van der Waals surface area contributed by atoms with Crippen molar-refractivity contribution >= 4 is 11.8 Å². The Bertz CT molecular complexity index is 535. The Hall–Kier alpha value is -1.64. The average Bonchev–Trinajstić information content (AvgIpc) is 2.54. The summed E-state index contributed by atoms with van der Waals surface area (Å²) in [7, 11) is 0. The van der Waals surface area contributed by atoms with Gasteiger partial charge in [-0.3, -0.25) is 9.59 Å². The molecule has 0 heterocycles. The number of hydrogen-bond acceptors (Lipinski definition) is 3. The van der Waals surface area contributed by atoms with Gasteiger partial charge in [0.2, 0.25) is 0 Å². The highest BCUT2D eigenvalue weighted by atomic mass is 16.5. The zero-order valence-corrected chi connectivity index (χ0v) is 14.6. The van der Waals surface area contributed by atoms with Gasteiger partial charge < -0.3 is 4.74 Å². The van der Waals surface area contributed by atoms with Crippen molar-refractivity contribution in [2.24, 2.45) is 23.7 Å². The third-order valence-electron chi connectivity index (χ3n) is 5.03. The van der Waals surface area contributed by atoms with Crippen LogP contribution in [0.5, 0.6) is 0 Å². The molecule has 4 atom stereocenters. The summed E-state index contributed by atoms with van der Waals surface area (Å²) in [5, 5.41) is 0. The third kappa shape index (κ3) is 4.43. The molecule has 0 bridgehead atoms. The molecular formula is C20H28O3. The molecule has 0 aliphatic heterocycles. The van der Waals surface area contributed by atoms with E-state index in [2.05, 4.69) is 20.8 Å². The van der Waals surface area contributed by atoms with Gasteiger partial charge in [-0.2, -0.15) is 0 Å². The number of esters is 1. The molecule has 1 aromatic carbocycles. The number of ether oxygens (including phenoxy) is 1. The molecule has 0 amide bonds. The zero-order chi connectivity index (χ0) is 17.0. The first kappa shape index (κ1) is 17.7. The molecule has 126 valence electrons. The normalized spacial score (nSPS) is 25.9. The number of hydrogen-bond donors (Lipinski definition) is 0. The van der Waals surface area contributed by atoms with Gasteiger partial charge in [0.1, 0.15) is 12.0 Å². The van der Waals surface area contributed by atoms with Crippen LogP contribution in [-0.4, -0.2) is 17.9 Å². The fraction of sp³-hybridized carbons (Fsp3) is 0.600. The van der Waals surface area contributed by atoms with E-state index in [1.165, 1.54) is 6.42 Å². The largest absolute Gasteiger partial charge is 0.462 e. The highest BCUT2D eigenvalue weighted by molar-refractivity contribution is 6.08. The van der Waals surface area contributed by atoms with E-state index in [9.17, 15) is 9.59 Å². The van der Waals surface area contributed by atoms with Crippen molar-refractivity contribution in [2.75, 3.05) is 0 Å². The molecule has 1 fully saturated rings. The number of ketones is 1. The van der Waals surface area contributed by atoms with Crippen LogP contribution < -0.4 is 0 Å². The molecule has 1 aliphatic carbocycles. The summed E-state index contributed by atoms with van der Waals surface area (Å²) in [6.07, 6.45) is 3.13. The van der Waals surface area contributed by atoms with Gasteiger partial charge in [-0.1, -0.05) is 57.5 Å². The topological polar surface area (TPSA) is 43.4 Å². The second-order valence-corrected chi connectivity index (χ2v) is 7.25. The lowest BCUT2D eigenvalue weighted by Gasteiger charge is -2.37. The molecule has 0 saturated heterocycles. The maximum Gasteiger partial charge on any atom is 0.316 e. The quantitative estimate of drug-likeness (QED) is 0.456. The first-order chi connectivity index (χ1) is 10.9. The van der Waals surface area contributed by atoms with E-state index in [0.29, 0.717) is 23.3 Å². The number of rotatable bonds is 5. The second-order valence-electron chi connectivity index (χ2n) is 7.25. The van der Waals surface area contributed by atoms with E-state index in [4.69, 9.17) is 4.74 Å². The molecule has 1 saturated carbocycles. The molecular weight excluding hydrogens is 288 g/mol. The molecule has 0 aromatic heterocycles. The molecule has 3 nitrogen and oxygen atoms in total. The average molecular weight is 316 g/mol. The van der Waals surface area contributed by atoms with E-state index in [1.807, 2.05) is 18.2 Å². The van der Waals surface area contributed by atoms with Gasteiger partial charge in [-0.05, 0) is 37.5 Å². The summed E-state index contributed by atoms with van der Waals surface area (Å²) in [4.78, 5) is 24.9. The fourth-order valence-electron chi connectivity index (χ4n) is 3.46. The SMILES string of the molecule is CC(C)[C@@H]1CC[C@@H](C)C[C@H]1OC(=O)[C@@H](C)C(=O)c1ccccc1. The van der Waals surface area contributed by atoms with E-state index in [1.54, 1.807) is 19.1 Å². The van der Waals surface area contributed by atoms with Crippen LogP contribution in [0.4, 0.5) is 0 Å². The Kier molecular flexibility index (Phi) is 5.97. The van der Waals surface area contributed by atoms with Crippen molar-refractivity contribution in [3.63, 3.8) is 0 Å². The van der Waals surface area contributed by atoms with E-state index >= 15 is 0 Å². The predicted octanol–water partition coefficient (Wildman–Crippen LogP) is 4.51. The lowest BCUT2D eigenvalue weighted by atomic mass is 9.75. The van der Waals surface area contributed by atoms with E-state index in [-0.39, 0.29) is 17.9 Å². The number of Topliss-reactive ketones (excluding diaryl/α,β-unsaturated/α-hetero) is 1. The van der Waals surface area contributed by atoms with Crippen LogP contribution in [0.15, 0.2) is 30.3 Å². The van der Waals surface area contributed by atoms with Crippen LogP contribution in [0.1, 0.15) is 57.3 Å².